The van der Waals surface area contributed by atoms with Gasteiger partial charge in [0.15, 0.2) is 0 Å². The zero-order chi connectivity index (χ0) is 18.1. The number of rotatable bonds is 4. The normalized spacial score (nSPS) is 21.9. The third-order valence-corrected chi connectivity index (χ3v) is 4.79. The summed E-state index contributed by atoms with van der Waals surface area (Å²) in [6.07, 6.45) is -0.198. The van der Waals surface area contributed by atoms with Gasteiger partial charge in [-0.25, -0.2) is 0 Å². The van der Waals surface area contributed by atoms with Crippen molar-refractivity contribution in [3.8, 4) is 0 Å². The van der Waals surface area contributed by atoms with Gasteiger partial charge in [0.2, 0.25) is 11.8 Å². The Bertz CT molecular complexity index is 766. The third-order valence-electron chi connectivity index (χ3n) is 4.30. The van der Waals surface area contributed by atoms with Gasteiger partial charge in [-0.2, -0.15) is 0 Å². The van der Waals surface area contributed by atoms with Crippen molar-refractivity contribution in [2.45, 2.75) is 31.3 Å². The molecule has 8 nitrogen and oxygen atoms in total. The number of carboxylic acids is 1. The molecule has 0 radical (unpaired) electrons. The van der Waals surface area contributed by atoms with Crippen LogP contribution in [0.2, 0.25) is 0 Å². The van der Waals surface area contributed by atoms with Gasteiger partial charge >= 0.3 is 0 Å². The van der Waals surface area contributed by atoms with Crippen LogP contribution >= 0.6 is 15.9 Å². The molecule has 0 spiro atoms. The smallest absolute Gasteiger partial charge is 0.256 e. The Kier molecular flexibility index (Phi) is 4.76. The first-order valence-corrected chi connectivity index (χ1v) is 8.56. The molecule has 3 rings (SSSR count). The van der Waals surface area contributed by atoms with Crippen molar-refractivity contribution in [1.82, 2.24) is 10.2 Å². The first-order valence-electron chi connectivity index (χ1n) is 7.77. The summed E-state index contributed by atoms with van der Waals surface area (Å²) in [5, 5.41) is 15.8. The highest BCUT2D eigenvalue weighted by Crippen LogP contribution is 2.30. The molecule has 3 amide bonds. The number of nitrogens with one attached hydrogen (secondary N) is 2. The summed E-state index contributed by atoms with van der Waals surface area (Å²) in [6, 6.07) is 3.63. The summed E-state index contributed by atoms with van der Waals surface area (Å²) < 4.78 is 0.721. The van der Waals surface area contributed by atoms with Crippen LogP contribution in [0.4, 0.5) is 5.69 Å². The number of hydrogen-bond donors (Lipinski definition) is 2. The lowest BCUT2D eigenvalue weighted by Crippen LogP contribution is -2.51. The van der Waals surface area contributed by atoms with Crippen molar-refractivity contribution >= 4 is 45.3 Å². The van der Waals surface area contributed by atoms with E-state index >= 15 is 0 Å². The molecular weight excluding hydrogens is 394 g/mol. The van der Waals surface area contributed by atoms with Crippen molar-refractivity contribution < 1.29 is 24.3 Å². The molecule has 132 valence electrons. The zero-order valence-electron chi connectivity index (χ0n) is 13.1. The summed E-state index contributed by atoms with van der Waals surface area (Å²) in [5.41, 5.74) is 0.809. The Hall–Kier alpha value is -2.42. The predicted octanol–water partition coefficient (Wildman–Crippen LogP) is -0.369. The molecule has 2 N–H and O–H groups in total. The molecule has 1 aromatic carbocycles. The maximum absolute atomic E-state index is 12.8. The zero-order valence-corrected chi connectivity index (χ0v) is 14.7. The van der Waals surface area contributed by atoms with Gasteiger partial charge in [0.1, 0.15) is 6.04 Å². The Labute approximate surface area is 151 Å². The van der Waals surface area contributed by atoms with E-state index in [1.165, 1.54) is 4.90 Å². The van der Waals surface area contributed by atoms with Crippen LogP contribution in [0.25, 0.3) is 0 Å². The highest BCUT2D eigenvalue weighted by molar-refractivity contribution is 9.10. The number of fused-ring (bicyclic) bond motifs is 2. The number of halogens is 1. The number of benzene rings is 1. The van der Waals surface area contributed by atoms with E-state index in [1.54, 1.807) is 18.2 Å². The van der Waals surface area contributed by atoms with Crippen molar-refractivity contribution in [1.29, 1.82) is 0 Å². The average Bonchev–Trinajstić information content (AvgIpc) is 2.93. The number of carbonyl (C=O) groups is 4. The molecule has 0 unspecified atom stereocenters. The molecule has 2 aliphatic heterocycles. The third kappa shape index (κ3) is 3.51. The minimum atomic E-state index is -1.31. The van der Waals surface area contributed by atoms with Gasteiger partial charge in [-0.1, -0.05) is 15.9 Å². The van der Waals surface area contributed by atoms with E-state index in [9.17, 15) is 24.3 Å². The predicted molar refractivity (Wildman–Crippen MR) is 88.4 cm³/mol. The van der Waals surface area contributed by atoms with Crippen LogP contribution in [-0.4, -0.2) is 47.2 Å². The molecule has 0 aliphatic carbocycles. The van der Waals surface area contributed by atoms with Gasteiger partial charge in [0.05, 0.1) is 17.3 Å². The minimum Gasteiger partial charge on any atom is -0.550 e. The van der Waals surface area contributed by atoms with E-state index in [1.807, 2.05) is 0 Å². The second-order valence-corrected chi connectivity index (χ2v) is 6.87. The first kappa shape index (κ1) is 17.4. The topological polar surface area (TPSA) is 119 Å². The molecular formula is C16H15BrN3O5-. The van der Waals surface area contributed by atoms with Gasteiger partial charge in [0, 0.05) is 23.4 Å². The average molecular weight is 409 g/mol. The number of nitrogens with zero attached hydrogens (tertiary/aromatic N) is 1. The Morgan fingerprint density at radius 2 is 2.08 bits per heavy atom. The van der Waals surface area contributed by atoms with Crippen LogP contribution in [0.15, 0.2) is 22.7 Å². The van der Waals surface area contributed by atoms with E-state index in [2.05, 4.69) is 26.6 Å². The number of amides is 3. The van der Waals surface area contributed by atoms with Gasteiger partial charge in [-0.15, -0.1) is 0 Å². The van der Waals surface area contributed by atoms with E-state index in [0.717, 1.165) is 4.47 Å². The van der Waals surface area contributed by atoms with Crippen LogP contribution in [-0.2, 0) is 14.4 Å². The van der Waals surface area contributed by atoms with Gasteiger partial charge in [0.25, 0.3) is 5.91 Å². The van der Waals surface area contributed by atoms with Crippen LogP contribution in [0.3, 0.4) is 0 Å². The second kappa shape index (κ2) is 6.83. The summed E-state index contributed by atoms with van der Waals surface area (Å²) in [5.74, 6) is -2.46. The summed E-state index contributed by atoms with van der Waals surface area (Å²) in [4.78, 5) is 49.1. The fraction of sp³-hybridized carbons (Fsp3) is 0.375. The van der Waals surface area contributed by atoms with Crippen molar-refractivity contribution in [2.75, 3.05) is 11.9 Å². The lowest BCUT2D eigenvalue weighted by atomic mass is 10.1. The number of carbonyl (C=O) groups excluding carboxylic acids is 4. The van der Waals surface area contributed by atoms with Gasteiger partial charge < -0.3 is 25.4 Å². The Morgan fingerprint density at radius 3 is 2.80 bits per heavy atom. The van der Waals surface area contributed by atoms with Gasteiger partial charge in [-0.05, 0) is 31.0 Å². The number of anilines is 1. The number of hydrogen-bond acceptors (Lipinski definition) is 5. The van der Waals surface area contributed by atoms with Crippen LogP contribution in [0.1, 0.15) is 29.6 Å². The lowest BCUT2D eigenvalue weighted by molar-refractivity contribution is -0.305. The van der Waals surface area contributed by atoms with E-state index < -0.39 is 30.4 Å². The highest BCUT2D eigenvalue weighted by Gasteiger charge is 2.45. The molecule has 0 aromatic heterocycles. The van der Waals surface area contributed by atoms with Crippen LogP contribution < -0.4 is 15.7 Å². The Morgan fingerprint density at radius 1 is 1.32 bits per heavy atom. The lowest BCUT2D eigenvalue weighted by Gasteiger charge is -2.25. The standard InChI is InChI=1S/C16H16BrN3O5/c17-8-1-2-10-9(7-8)16(25)20-6-5-11(14(20)15(24)19-10)18-12(21)3-4-13(22)23/h1-2,7,11,14H,3-6H2,(H,18,21)(H,19,24)(H,22,23)/p-1/t11-,14-/m0/s1. The van der Waals surface area contributed by atoms with E-state index in [-0.39, 0.29) is 18.2 Å². The molecule has 2 aliphatic rings. The highest BCUT2D eigenvalue weighted by atomic mass is 79.9. The molecule has 0 saturated carbocycles. The fourth-order valence-electron chi connectivity index (χ4n) is 3.15. The summed E-state index contributed by atoms with van der Waals surface area (Å²) in [6.45, 7) is 0.328. The second-order valence-electron chi connectivity index (χ2n) is 5.96. The quantitative estimate of drug-likeness (QED) is 0.704. The van der Waals surface area contributed by atoms with Crippen LogP contribution in [0.5, 0.6) is 0 Å². The van der Waals surface area contributed by atoms with Crippen molar-refractivity contribution in [3.05, 3.63) is 28.2 Å². The molecule has 2 atom stereocenters. The largest absolute Gasteiger partial charge is 0.550 e. The summed E-state index contributed by atoms with van der Waals surface area (Å²) >= 11 is 3.31. The molecule has 1 fully saturated rings. The molecule has 2 heterocycles. The van der Waals surface area contributed by atoms with Crippen LogP contribution in [0, 0.1) is 0 Å². The number of carboxylic acid groups (broad SMARTS) is 1. The maximum Gasteiger partial charge on any atom is 0.256 e. The van der Waals surface area contributed by atoms with E-state index in [4.69, 9.17) is 0 Å². The van der Waals surface area contributed by atoms with Crippen molar-refractivity contribution in [2.24, 2.45) is 0 Å². The monoisotopic (exact) mass is 408 g/mol. The van der Waals surface area contributed by atoms with Crippen molar-refractivity contribution in [3.63, 3.8) is 0 Å². The number of aliphatic carboxylic acids is 1. The molecule has 0 bridgehead atoms. The summed E-state index contributed by atoms with van der Waals surface area (Å²) in [7, 11) is 0. The molecule has 1 aromatic rings. The molecule has 1 saturated heterocycles. The molecule has 25 heavy (non-hydrogen) atoms. The Balaban J connectivity index is 1.79. The fourth-order valence-corrected chi connectivity index (χ4v) is 3.52. The molecule has 9 heteroatoms. The maximum atomic E-state index is 12.8. The van der Waals surface area contributed by atoms with E-state index in [0.29, 0.717) is 24.2 Å². The minimum absolute atomic E-state index is 0.228. The first-order chi connectivity index (χ1) is 11.9. The van der Waals surface area contributed by atoms with Gasteiger partial charge in [-0.3, -0.25) is 14.4 Å². The SMILES string of the molecule is O=C([O-])CCC(=O)N[C@H]1CCN2C(=O)c3cc(Br)ccc3NC(=O)[C@H]12.